The fourth-order valence-corrected chi connectivity index (χ4v) is 5.89. The summed E-state index contributed by atoms with van der Waals surface area (Å²) in [5.41, 5.74) is 1.08. The summed E-state index contributed by atoms with van der Waals surface area (Å²) in [6.07, 6.45) is 7.98. The van der Waals surface area contributed by atoms with E-state index in [1.807, 2.05) is 28.8 Å². The van der Waals surface area contributed by atoms with Gasteiger partial charge < -0.3 is 9.30 Å². The minimum atomic E-state index is -0.628. The van der Waals surface area contributed by atoms with E-state index in [-0.39, 0.29) is 23.9 Å². The van der Waals surface area contributed by atoms with Crippen LogP contribution >= 0.6 is 0 Å². The number of nitrogens with zero attached hydrogens (tertiary/aromatic N) is 3. The van der Waals surface area contributed by atoms with Crippen LogP contribution < -0.4 is 5.56 Å². The smallest absolute Gasteiger partial charge is 0.362 e. The van der Waals surface area contributed by atoms with E-state index in [1.165, 1.54) is 32.1 Å². The molecule has 1 aromatic heterocycles. The average Bonchev–Trinajstić information content (AvgIpc) is 2.76. The highest BCUT2D eigenvalue weighted by Gasteiger charge is 2.41. The first-order valence-electron chi connectivity index (χ1n) is 12.4. The molecule has 1 aromatic carbocycles. The molecule has 2 aliphatic heterocycles. The molecule has 6 nitrogen and oxygen atoms in total. The lowest BCUT2D eigenvalue weighted by Crippen LogP contribution is -2.56. The summed E-state index contributed by atoms with van der Waals surface area (Å²) in [5.74, 6) is 0.0924. The molecule has 2 aromatic rings. The third-order valence-corrected chi connectivity index (χ3v) is 7.31. The molecule has 3 heterocycles. The molecule has 2 bridgehead atoms. The minimum absolute atomic E-state index is 0.0763. The zero-order valence-electron chi connectivity index (χ0n) is 19.9. The Morgan fingerprint density at radius 2 is 1.78 bits per heavy atom. The van der Waals surface area contributed by atoms with Gasteiger partial charge in [0.2, 0.25) is 5.69 Å². The van der Waals surface area contributed by atoms with E-state index in [9.17, 15) is 9.59 Å². The van der Waals surface area contributed by atoms with Crippen molar-refractivity contribution in [3.8, 4) is 0 Å². The largest absolute Gasteiger partial charge is 0.461 e. The topological polar surface area (TPSA) is 64.4 Å². The van der Waals surface area contributed by atoms with Crippen molar-refractivity contribution in [1.29, 1.82) is 0 Å². The first-order chi connectivity index (χ1) is 15.4. The van der Waals surface area contributed by atoms with Crippen LogP contribution in [0.3, 0.4) is 0 Å². The zero-order valence-corrected chi connectivity index (χ0v) is 19.9. The van der Waals surface area contributed by atoms with Crippen molar-refractivity contribution in [2.75, 3.05) is 6.61 Å². The monoisotopic (exact) mass is 439 g/mol. The number of fused-ring (bicyclic) bond motifs is 3. The van der Waals surface area contributed by atoms with Crippen molar-refractivity contribution in [1.82, 2.24) is 14.5 Å². The van der Waals surface area contributed by atoms with E-state index in [2.05, 4.69) is 30.7 Å². The van der Waals surface area contributed by atoms with Crippen molar-refractivity contribution in [2.45, 2.75) is 96.8 Å². The minimum Gasteiger partial charge on any atom is -0.461 e. The number of hydrogen-bond donors (Lipinski definition) is 0. The molecule has 0 radical (unpaired) electrons. The standard InChI is InChI=1S/C26H37N3O3/c1-5-32-26(31)24-25(30)29(23-12-7-6-11-22(23)27-24)21-15-19-9-8-10-20(16-21)28(19)18(4)14-13-17(2)3/h6-7,11-12,17-21H,5,8-10,13-16H2,1-4H3/t18?,19-,20+,21?. The number of aromatic nitrogens is 2. The Balaban J connectivity index is 1.69. The normalized spacial score (nSPS) is 24.6. The summed E-state index contributed by atoms with van der Waals surface area (Å²) in [6.45, 7) is 8.93. The molecule has 4 atom stereocenters. The second-order valence-electron chi connectivity index (χ2n) is 9.98. The molecule has 2 unspecified atom stereocenters. The fourth-order valence-electron chi connectivity index (χ4n) is 5.89. The lowest BCUT2D eigenvalue weighted by atomic mass is 9.80. The molecule has 174 valence electrons. The van der Waals surface area contributed by atoms with Crippen LogP contribution in [0.4, 0.5) is 0 Å². The number of benzene rings is 1. The number of para-hydroxylation sites is 2. The van der Waals surface area contributed by atoms with Gasteiger partial charge in [-0.05, 0) is 70.4 Å². The molecule has 2 saturated heterocycles. The second kappa shape index (κ2) is 9.74. The van der Waals surface area contributed by atoms with E-state index in [1.54, 1.807) is 6.92 Å². The van der Waals surface area contributed by atoms with Gasteiger partial charge >= 0.3 is 5.97 Å². The lowest BCUT2D eigenvalue weighted by Gasteiger charge is -2.52. The van der Waals surface area contributed by atoms with Crippen LogP contribution in [0.5, 0.6) is 0 Å². The van der Waals surface area contributed by atoms with Gasteiger partial charge in [-0.2, -0.15) is 0 Å². The predicted octanol–water partition coefficient (Wildman–Crippen LogP) is 4.96. The zero-order chi connectivity index (χ0) is 22.8. The number of ether oxygens (including phenoxy) is 1. The first-order valence-corrected chi connectivity index (χ1v) is 12.4. The van der Waals surface area contributed by atoms with E-state index >= 15 is 0 Å². The Morgan fingerprint density at radius 1 is 1.09 bits per heavy atom. The van der Waals surface area contributed by atoms with E-state index < -0.39 is 5.97 Å². The highest BCUT2D eigenvalue weighted by molar-refractivity contribution is 5.89. The summed E-state index contributed by atoms with van der Waals surface area (Å²) >= 11 is 0. The van der Waals surface area contributed by atoms with Crippen LogP contribution in [0, 0.1) is 5.92 Å². The summed E-state index contributed by atoms with van der Waals surface area (Å²) in [5, 5.41) is 0. The number of carbonyl (C=O) groups is 1. The maximum atomic E-state index is 13.5. The third kappa shape index (κ3) is 4.47. The Bertz CT molecular complexity index is 1000. The summed E-state index contributed by atoms with van der Waals surface area (Å²) in [4.78, 5) is 33.1. The molecular weight excluding hydrogens is 402 g/mol. The number of carbonyl (C=O) groups excluding carboxylic acids is 1. The molecular formula is C26H37N3O3. The molecule has 0 saturated carbocycles. The van der Waals surface area contributed by atoms with Crippen molar-refractivity contribution >= 4 is 17.0 Å². The predicted molar refractivity (Wildman–Crippen MR) is 127 cm³/mol. The van der Waals surface area contributed by atoms with Gasteiger partial charge in [-0.1, -0.05) is 32.4 Å². The Hall–Kier alpha value is -2.21. The van der Waals surface area contributed by atoms with Crippen LogP contribution in [0.25, 0.3) is 11.0 Å². The van der Waals surface area contributed by atoms with Gasteiger partial charge in [0, 0.05) is 24.2 Å². The SMILES string of the molecule is CCOC(=O)c1nc2ccccc2n(C2C[C@H]3CCC[C@@H](C2)N3C(C)CCC(C)C)c1=O. The highest BCUT2D eigenvalue weighted by Crippen LogP contribution is 2.41. The number of rotatable bonds is 7. The van der Waals surface area contributed by atoms with Crippen LogP contribution in [0.2, 0.25) is 0 Å². The molecule has 32 heavy (non-hydrogen) atoms. The second-order valence-corrected chi connectivity index (χ2v) is 9.98. The number of hydrogen-bond acceptors (Lipinski definition) is 5. The van der Waals surface area contributed by atoms with Gasteiger partial charge in [-0.3, -0.25) is 9.69 Å². The molecule has 0 aliphatic carbocycles. The van der Waals surface area contributed by atoms with Gasteiger partial charge in [0.05, 0.1) is 17.6 Å². The molecule has 2 fully saturated rings. The van der Waals surface area contributed by atoms with Crippen LogP contribution in [-0.4, -0.2) is 45.2 Å². The van der Waals surface area contributed by atoms with Gasteiger partial charge in [0.15, 0.2) is 0 Å². The summed E-state index contributed by atoms with van der Waals surface area (Å²) in [6, 6.07) is 9.27. The third-order valence-electron chi connectivity index (χ3n) is 7.31. The Labute approximate surface area is 191 Å². The van der Waals surface area contributed by atoms with Gasteiger partial charge in [0.1, 0.15) is 0 Å². The van der Waals surface area contributed by atoms with Crippen LogP contribution in [0.15, 0.2) is 29.1 Å². The Kier molecular flexibility index (Phi) is 6.99. The fraction of sp³-hybridized carbons (Fsp3) is 0.654. The molecule has 4 rings (SSSR count). The van der Waals surface area contributed by atoms with Crippen LogP contribution in [0.1, 0.15) is 89.2 Å². The molecule has 0 amide bonds. The maximum Gasteiger partial charge on any atom is 0.362 e. The molecule has 0 spiro atoms. The highest BCUT2D eigenvalue weighted by atomic mass is 16.5. The summed E-state index contributed by atoms with van der Waals surface area (Å²) in [7, 11) is 0. The quantitative estimate of drug-likeness (QED) is 0.571. The van der Waals surface area contributed by atoms with Crippen molar-refractivity contribution in [3.63, 3.8) is 0 Å². The number of piperidine rings is 2. The van der Waals surface area contributed by atoms with E-state index in [0.29, 0.717) is 23.6 Å². The first kappa shape index (κ1) is 23.0. The van der Waals surface area contributed by atoms with E-state index in [0.717, 1.165) is 24.3 Å². The van der Waals surface area contributed by atoms with Crippen molar-refractivity contribution < 1.29 is 9.53 Å². The van der Waals surface area contributed by atoms with Gasteiger partial charge in [-0.25, -0.2) is 9.78 Å². The van der Waals surface area contributed by atoms with Crippen molar-refractivity contribution in [2.24, 2.45) is 5.92 Å². The van der Waals surface area contributed by atoms with Gasteiger partial charge in [0.25, 0.3) is 5.56 Å². The molecule has 6 heteroatoms. The molecule has 2 aliphatic rings. The van der Waals surface area contributed by atoms with E-state index in [4.69, 9.17) is 4.74 Å². The van der Waals surface area contributed by atoms with Gasteiger partial charge in [-0.15, -0.1) is 0 Å². The van der Waals surface area contributed by atoms with Crippen LogP contribution in [-0.2, 0) is 4.74 Å². The average molecular weight is 440 g/mol. The van der Waals surface area contributed by atoms with Crippen molar-refractivity contribution in [3.05, 3.63) is 40.3 Å². The maximum absolute atomic E-state index is 13.5. The number of esters is 1. The Morgan fingerprint density at radius 3 is 2.44 bits per heavy atom. The lowest BCUT2D eigenvalue weighted by molar-refractivity contribution is -0.0155. The summed E-state index contributed by atoms with van der Waals surface area (Å²) < 4.78 is 7.00. The molecule has 0 N–H and O–H groups in total.